The minimum atomic E-state index is -0.141. The summed E-state index contributed by atoms with van der Waals surface area (Å²) in [6, 6.07) is 5.68. The number of hydrogen-bond acceptors (Lipinski definition) is 4. The molecule has 1 atom stereocenters. The third kappa shape index (κ3) is 2.85. The van der Waals surface area contributed by atoms with E-state index in [2.05, 4.69) is 36.8 Å². The average molecular weight is 263 g/mol. The van der Waals surface area contributed by atoms with Gasteiger partial charge in [0.2, 0.25) is 0 Å². The first-order chi connectivity index (χ1) is 8.81. The van der Waals surface area contributed by atoms with E-state index in [1.165, 1.54) is 0 Å². The minimum Gasteiger partial charge on any atom is -0.508 e. The van der Waals surface area contributed by atoms with Crippen molar-refractivity contribution in [1.29, 1.82) is 0 Å². The van der Waals surface area contributed by atoms with E-state index in [0.29, 0.717) is 5.75 Å². The fraction of sp³-hybridized carbons (Fsp3) is 0.600. The zero-order valence-corrected chi connectivity index (χ0v) is 12.3. The molecule has 1 heterocycles. The van der Waals surface area contributed by atoms with Crippen molar-refractivity contribution in [3.05, 3.63) is 23.8 Å². The molecule has 1 aromatic carbocycles. The number of rotatable bonds is 2. The molecule has 1 aromatic rings. The molecule has 0 amide bonds. The molecule has 0 aliphatic carbocycles. The number of phenols is 1. The van der Waals surface area contributed by atoms with Gasteiger partial charge in [0.1, 0.15) is 5.75 Å². The number of piperazine rings is 1. The quantitative estimate of drug-likeness (QED) is 0.856. The number of hydrogen-bond donors (Lipinski definition) is 2. The Morgan fingerprint density at radius 3 is 2.53 bits per heavy atom. The Kier molecular flexibility index (Phi) is 3.74. The zero-order chi connectivity index (χ0) is 14.2. The molecule has 1 aliphatic rings. The van der Waals surface area contributed by atoms with Crippen LogP contribution in [0.25, 0.3) is 0 Å². The van der Waals surface area contributed by atoms with Crippen LogP contribution in [0.4, 0.5) is 5.69 Å². The second-order valence-corrected chi connectivity index (χ2v) is 6.19. The molecule has 19 heavy (non-hydrogen) atoms. The van der Waals surface area contributed by atoms with Crippen molar-refractivity contribution >= 4 is 5.69 Å². The van der Waals surface area contributed by atoms with E-state index in [9.17, 15) is 5.11 Å². The lowest BCUT2D eigenvalue weighted by Crippen LogP contribution is -2.57. The lowest BCUT2D eigenvalue weighted by atomic mass is 9.98. The second kappa shape index (κ2) is 5.02. The highest BCUT2D eigenvalue weighted by molar-refractivity contribution is 5.54. The normalized spacial score (nSPS) is 21.4. The fourth-order valence-corrected chi connectivity index (χ4v) is 2.57. The molecule has 1 saturated heterocycles. The Hall–Kier alpha value is -1.26. The van der Waals surface area contributed by atoms with Crippen molar-refractivity contribution in [2.24, 2.45) is 5.73 Å². The van der Waals surface area contributed by atoms with Gasteiger partial charge in [-0.3, -0.25) is 4.90 Å². The standard InChI is InChI=1S/C15H25N3O/c1-11(16)13-6-5-12(9-14(13)19)18-8-7-17(4)15(2,3)10-18/h5-6,9,11,19H,7-8,10,16H2,1-4H3. The smallest absolute Gasteiger partial charge is 0.122 e. The van der Waals surface area contributed by atoms with Crippen LogP contribution in [0.1, 0.15) is 32.4 Å². The van der Waals surface area contributed by atoms with Gasteiger partial charge < -0.3 is 15.7 Å². The number of phenolic OH excluding ortho intramolecular Hbond substituents is 1. The molecule has 0 radical (unpaired) electrons. The van der Waals surface area contributed by atoms with E-state index < -0.39 is 0 Å². The summed E-state index contributed by atoms with van der Waals surface area (Å²) in [6.07, 6.45) is 0. The first-order valence-electron chi connectivity index (χ1n) is 6.86. The van der Waals surface area contributed by atoms with Gasteiger partial charge in [0, 0.05) is 48.5 Å². The molecule has 2 rings (SSSR count). The predicted molar refractivity (Wildman–Crippen MR) is 79.6 cm³/mol. The molecule has 1 fully saturated rings. The number of nitrogens with two attached hydrogens (primary N) is 1. The second-order valence-electron chi connectivity index (χ2n) is 6.19. The third-order valence-corrected chi connectivity index (χ3v) is 4.19. The van der Waals surface area contributed by atoms with Gasteiger partial charge >= 0.3 is 0 Å². The Morgan fingerprint density at radius 2 is 2.00 bits per heavy atom. The van der Waals surface area contributed by atoms with E-state index in [0.717, 1.165) is 30.9 Å². The van der Waals surface area contributed by atoms with Gasteiger partial charge in [0.15, 0.2) is 0 Å². The zero-order valence-electron chi connectivity index (χ0n) is 12.3. The number of anilines is 1. The van der Waals surface area contributed by atoms with Crippen LogP contribution < -0.4 is 10.6 Å². The number of likely N-dealkylation sites (N-methyl/N-ethyl adjacent to an activating group) is 1. The van der Waals surface area contributed by atoms with Crippen molar-refractivity contribution < 1.29 is 5.11 Å². The topological polar surface area (TPSA) is 52.7 Å². The minimum absolute atomic E-state index is 0.141. The summed E-state index contributed by atoms with van der Waals surface area (Å²) in [5, 5.41) is 10.1. The summed E-state index contributed by atoms with van der Waals surface area (Å²) >= 11 is 0. The van der Waals surface area contributed by atoms with E-state index in [1.807, 2.05) is 19.1 Å². The van der Waals surface area contributed by atoms with Crippen LogP contribution in [-0.2, 0) is 0 Å². The molecule has 1 aliphatic heterocycles. The van der Waals surface area contributed by atoms with Crippen LogP contribution in [0.15, 0.2) is 18.2 Å². The van der Waals surface area contributed by atoms with E-state index >= 15 is 0 Å². The molecule has 0 aromatic heterocycles. The maximum atomic E-state index is 10.1. The van der Waals surface area contributed by atoms with Gasteiger partial charge in [-0.05, 0) is 33.9 Å². The van der Waals surface area contributed by atoms with E-state index in [4.69, 9.17) is 5.73 Å². The summed E-state index contributed by atoms with van der Waals surface area (Å²) in [6.45, 7) is 9.35. The molecule has 4 heteroatoms. The number of nitrogens with zero attached hydrogens (tertiary/aromatic N) is 2. The Morgan fingerprint density at radius 1 is 1.32 bits per heavy atom. The maximum absolute atomic E-state index is 10.1. The molecular weight excluding hydrogens is 238 g/mol. The monoisotopic (exact) mass is 263 g/mol. The maximum Gasteiger partial charge on any atom is 0.122 e. The van der Waals surface area contributed by atoms with Crippen LogP contribution in [0.5, 0.6) is 5.75 Å². The fourth-order valence-electron chi connectivity index (χ4n) is 2.57. The molecule has 0 spiro atoms. The van der Waals surface area contributed by atoms with Crippen molar-refractivity contribution in [3.8, 4) is 5.75 Å². The number of aromatic hydroxyl groups is 1. The Bertz CT molecular complexity index is 457. The van der Waals surface area contributed by atoms with E-state index in [1.54, 1.807) is 0 Å². The predicted octanol–water partition coefficient (Wildman–Crippen LogP) is 1.94. The molecule has 0 bridgehead atoms. The highest BCUT2D eigenvalue weighted by atomic mass is 16.3. The summed E-state index contributed by atoms with van der Waals surface area (Å²) in [4.78, 5) is 4.70. The lowest BCUT2D eigenvalue weighted by molar-refractivity contribution is 0.139. The van der Waals surface area contributed by atoms with Gasteiger partial charge in [-0.1, -0.05) is 6.07 Å². The summed E-state index contributed by atoms with van der Waals surface area (Å²) in [5.74, 6) is 0.296. The van der Waals surface area contributed by atoms with Gasteiger partial charge in [0.05, 0.1) is 0 Å². The van der Waals surface area contributed by atoms with Gasteiger partial charge in [-0.25, -0.2) is 0 Å². The van der Waals surface area contributed by atoms with Crippen LogP contribution >= 0.6 is 0 Å². The summed E-state index contributed by atoms with van der Waals surface area (Å²) in [7, 11) is 2.16. The lowest BCUT2D eigenvalue weighted by Gasteiger charge is -2.46. The molecule has 4 nitrogen and oxygen atoms in total. The van der Waals surface area contributed by atoms with Crippen molar-refractivity contribution in [2.75, 3.05) is 31.6 Å². The Balaban J connectivity index is 2.21. The van der Waals surface area contributed by atoms with Crippen LogP contribution in [-0.4, -0.2) is 42.2 Å². The highest BCUT2D eigenvalue weighted by Crippen LogP contribution is 2.30. The van der Waals surface area contributed by atoms with Crippen molar-refractivity contribution in [1.82, 2.24) is 4.90 Å². The molecule has 106 valence electrons. The molecule has 0 saturated carbocycles. The average Bonchev–Trinajstić information content (AvgIpc) is 2.32. The largest absolute Gasteiger partial charge is 0.508 e. The van der Waals surface area contributed by atoms with Gasteiger partial charge in [0.25, 0.3) is 0 Å². The SMILES string of the molecule is CC(N)c1ccc(N2CCN(C)C(C)(C)C2)cc1O. The first kappa shape index (κ1) is 14.2. The summed E-state index contributed by atoms with van der Waals surface area (Å²) in [5.41, 5.74) is 7.85. The Labute approximate surface area is 115 Å². The van der Waals surface area contributed by atoms with Gasteiger partial charge in [-0.2, -0.15) is 0 Å². The molecule has 1 unspecified atom stereocenters. The molecular formula is C15H25N3O. The molecule has 3 N–H and O–H groups in total. The third-order valence-electron chi connectivity index (χ3n) is 4.19. The van der Waals surface area contributed by atoms with Crippen LogP contribution in [0, 0.1) is 0 Å². The van der Waals surface area contributed by atoms with Crippen LogP contribution in [0.3, 0.4) is 0 Å². The number of benzene rings is 1. The van der Waals surface area contributed by atoms with Crippen molar-refractivity contribution in [3.63, 3.8) is 0 Å². The first-order valence-corrected chi connectivity index (χ1v) is 6.86. The van der Waals surface area contributed by atoms with E-state index in [-0.39, 0.29) is 11.6 Å². The summed E-state index contributed by atoms with van der Waals surface area (Å²) < 4.78 is 0. The van der Waals surface area contributed by atoms with Crippen molar-refractivity contribution in [2.45, 2.75) is 32.4 Å². The highest BCUT2D eigenvalue weighted by Gasteiger charge is 2.31. The van der Waals surface area contributed by atoms with Gasteiger partial charge in [-0.15, -0.1) is 0 Å². The van der Waals surface area contributed by atoms with Crippen LogP contribution in [0.2, 0.25) is 0 Å².